The summed E-state index contributed by atoms with van der Waals surface area (Å²) in [4.78, 5) is 12.6. The van der Waals surface area contributed by atoms with E-state index in [9.17, 15) is 13.2 Å². The zero-order chi connectivity index (χ0) is 21.8. The van der Waals surface area contributed by atoms with Crippen molar-refractivity contribution in [2.45, 2.75) is 38.4 Å². The van der Waals surface area contributed by atoms with E-state index < -0.39 is 11.9 Å². The lowest BCUT2D eigenvalue weighted by molar-refractivity contribution is -0.140. The van der Waals surface area contributed by atoms with Gasteiger partial charge in [0.15, 0.2) is 11.3 Å². The molecule has 0 unspecified atom stereocenters. The Balaban J connectivity index is 1.47. The molecule has 3 aromatic heterocycles. The average molecular weight is 427 g/mol. The van der Waals surface area contributed by atoms with Crippen molar-refractivity contribution < 1.29 is 13.2 Å². The van der Waals surface area contributed by atoms with E-state index in [-0.39, 0.29) is 11.8 Å². The van der Waals surface area contributed by atoms with Crippen LogP contribution >= 0.6 is 0 Å². The largest absolute Gasteiger partial charge is 0.434 e. The van der Waals surface area contributed by atoms with Crippen molar-refractivity contribution in [1.82, 2.24) is 29.3 Å². The molecule has 0 saturated carbocycles. The van der Waals surface area contributed by atoms with Crippen molar-refractivity contribution in [2.24, 2.45) is 7.05 Å². The van der Waals surface area contributed by atoms with Crippen molar-refractivity contribution in [1.29, 1.82) is 0 Å². The first-order valence-electron chi connectivity index (χ1n) is 10.0. The molecule has 10 heteroatoms. The van der Waals surface area contributed by atoms with Crippen LogP contribution in [0, 0.1) is 0 Å². The lowest BCUT2D eigenvalue weighted by Crippen LogP contribution is -2.06. The van der Waals surface area contributed by atoms with Crippen LogP contribution in [0.1, 0.15) is 35.5 Å². The highest BCUT2D eigenvalue weighted by Gasteiger charge is 2.34. The van der Waals surface area contributed by atoms with Crippen molar-refractivity contribution >= 4 is 17.0 Å². The van der Waals surface area contributed by atoms with Gasteiger partial charge in [0.2, 0.25) is 5.95 Å². The summed E-state index contributed by atoms with van der Waals surface area (Å²) in [5.41, 5.74) is 9.24. The van der Waals surface area contributed by atoms with Crippen molar-refractivity contribution in [3.8, 4) is 11.4 Å². The van der Waals surface area contributed by atoms with Gasteiger partial charge in [0.1, 0.15) is 5.82 Å². The molecule has 0 amide bonds. The van der Waals surface area contributed by atoms with Crippen molar-refractivity contribution in [3.63, 3.8) is 0 Å². The van der Waals surface area contributed by atoms with Crippen molar-refractivity contribution in [2.75, 3.05) is 5.73 Å². The number of anilines is 1. The Morgan fingerprint density at radius 2 is 1.71 bits per heavy atom. The van der Waals surface area contributed by atoms with Gasteiger partial charge in [-0.1, -0.05) is 24.3 Å². The summed E-state index contributed by atoms with van der Waals surface area (Å²) in [6.07, 6.45) is 0.350. The molecule has 0 aliphatic heterocycles. The number of alkyl halides is 3. The number of aromatic nitrogens is 6. The van der Waals surface area contributed by atoms with Gasteiger partial charge in [0.05, 0.1) is 23.3 Å². The normalized spacial score (nSPS) is 14.2. The summed E-state index contributed by atoms with van der Waals surface area (Å²) in [7, 11) is 1.55. The van der Waals surface area contributed by atoms with E-state index in [0.29, 0.717) is 12.1 Å². The van der Waals surface area contributed by atoms with Gasteiger partial charge in [0, 0.05) is 18.8 Å². The lowest BCUT2D eigenvalue weighted by atomic mass is 10.1. The molecule has 2 N–H and O–H groups in total. The Morgan fingerprint density at radius 1 is 1.00 bits per heavy atom. The number of hydrogen-bond acceptors (Lipinski definition) is 5. The first kappa shape index (κ1) is 19.5. The van der Waals surface area contributed by atoms with Crippen LogP contribution in [-0.4, -0.2) is 29.3 Å². The smallest absolute Gasteiger partial charge is 0.368 e. The van der Waals surface area contributed by atoms with Crippen LogP contribution in [0.15, 0.2) is 30.5 Å². The van der Waals surface area contributed by atoms with Crippen LogP contribution < -0.4 is 5.73 Å². The molecule has 160 valence electrons. The summed E-state index contributed by atoms with van der Waals surface area (Å²) >= 11 is 0. The van der Waals surface area contributed by atoms with Crippen LogP contribution in [-0.2, 0) is 32.6 Å². The molecular formula is C21H20F3N7. The van der Waals surface area contributed by atoms with Gasteiger partial charge in [-0.3, -0.25) is 0 Å². The van der Waals surface area contributed by atoms with Crippen LogP contribution in [0.25, 0.3) is 22.4 Å². The second-order valence-electron chi connectivity index (χ2n) is 7.79. The van der Waals surface area contributed by atoms with Crippen LogP contribution in [0.5, 0.6) is 0 Å². The molecule has 0 atom stereocenters. The third-order valence-corrected chi connectivity index (χ3v) is 5.55. The number of halogens is 3. The molecule has 31 heavy (non-hydrogen) atoms. The Morgan fingerprint density at radius 3 is 2.39 bits per heavy atom. The lowest BCUT2D eigenvalue weighted by Gasteiger charge is -2.07. The topological polar surface area (TPSA) is 87.4 Å². The molecule has 1 aliphatic rings. The fraction of sp³-hybridized carbons (Fsp3) is 0.333. The molecule has 4 aromatic rings. The van der Waals surface area contributed by atoms with E-state index in [1.54, 1.807) is 19.2 Å². The monoisotopic (exact) mass is 427 g/mol. The molecule has 0 radical (unpaired) electrons. The number of imidazole rings is 1. The van der Waals surface area contributed by atoms with Crippen molar-refractivity contribution in [3.05, 3.63) is 53.1 Å². The third-order valence-electron chi connectivity index (χ3n) is 5.55. The summed E-state index contributed by atoms with van der Waals surface area (Å²) in [5.74, 6) is 0.501. The first-order valence-corrected chi connectivity index (χ1v) is 10.0. The third kappa shape index (κ3) is 3.51. The standard InChI is InChI=1S/C21H20F3N7/c1-30-11-16(21(22,23)24)27-18(30)13-8-6-12(7-9-13)10-31-19-17-14(26-20(25)28-19)4-2-3-5-15(17)29-31/h6-9,11H,2-5,10H2,1H3,(H2,25,26,28). The number of aryl methyl sites for hydroxylation is 3. The second kappa shape index (κ2) is 7.07. The molecular weight excluding hydrogens is 407 g/mol. The molecule has 0 saturated heterocycles. The molecule has 0 bridgehead atoms. The highest BCUT2D eigenvalue weighted by molar-refractivity contribution is 5.82. The highest BCUT2D eigenvalue weighted by Crippen LogP contribution is 2.31. The average Bonchev–Trinajstić information content (AvgIpc) is 3.19. The molecule has 0 spiro atoms. The SMILES string of the molecule is Cn1cc(C(F)(F)F)nc1-c1ccc(Cn2nc3c4c(nc(N)nc42)CCCC3)cc1. The van der Waals surface area contributed by atoms with Gasteiger partial charge in [0.25, 0.3) is 0 Å². The van der Waals surface area contributed by atoms with Crippen LogP contribution in [0.4, 0.5) is 19.1 Å². The maximum absolute atomic E-state index is 12.9. The minimum Gasteiger partial charge on any atom is -0.368 e. The van der Waals surface area contributed by atoms with E-state index >= 15 is 0 Å². The molecule has 1 aliphatic carbocycles. The number of benzene rings is 1. The first-order chi connectivity index (χ1) is 14.8. The Hall–Kier alpha value is -3.43. The molecule has 7 nitrogen and oxygen atoms in total. The predicted octanol–water partition coefficient (Wildman–Crippen LogP) is 3.75. The second-order valence-corrected chi connectivity index (χ2v) is 7.79. The zero-order valence-corrected chi connectivity index (χ0v) is 16.8. The summed E-state index contributed by atoms with van der Waals surface area (Å²) in [6.45, 7) is 0.473. The fourth-order valence-electron chi connectivity index (χ4n) is 4.09. The molecule has 3 heterocycles. The number of hydrogen-bond donors (Lipinski definition) is 1. The fourth-order valence-corrected chi connectivity index (χ4v) is 4.09. The Kier molecular flexibility index (Phi) is 4.45. The summed E-state index contributed by atoms with van der Waals surface area (Å²) in [5, 5.41) is 5.75. The summed E-state index contributed by atoms with van der Waals surface area (Å²) < 4.78 is 42.0. The van der Waals surface area contributed by atoms with Gasteiger partial charge < -0.3 is 10.3 Å². The van der Waals surface area contributed by atoms with Gasteiger partial charge >= 0.3 is 6.18 Å². The quantitative estimate of drug-likeness (QED) is 0.538. The van der Waals surface area contributed by atoms with E-state index in [1.807, 2.05) is 16.8 Å². The van der Waals surface area contributed by atoms with E-state index in [4.69, 9.17) is 10.8 Å². The van der Waals surface area contributed by atoms with Gasteiger partial charge in [-0.15, -0.1) is 0 Å². The van der Waals surface area contributed by atoms with Gasteiger partial charge in [-0.25, -0.2) is 14.6 Å². The summed E-state index contributed by atoms with van der Waals surface area (Å²) in [6, 6.07) is 7.26. The number of nitrogens with two attached hydrogens (primary N) is 1. The highest BCUT2D eigenvalue weighted by atomic mass is 19.4. The van der Waals surface area contributed by atoms with Gasteiger partial charge in [-0.05, 0) is 31.2 Å². The zero-order valence-electron chi connectivity index (χ0n) is 16.8. The minimum absolute atomic E-state index is 0.239. The van der Waals surface area contributed by atoms with E-state index in [0.717, 1.165) is 59.9 Å². The maximum atomic E-state index is 12.9. The molecule has 5 rings (SSSR count). The molecule has 0 fully saturated rings. The molecule has 1 aromatic carbocycles. The Labute approximate surface area is 175 Å². The van der Waals surface area contributed by atoms with Gasteiger partial charge in [-0.2, -0.15) is 23.3 Å². The minimum atomic E-state index is -4.47. The van der Waals surface area contributed by atoms with Crippen LogP contribution in [0.3, 0.4) is 0 Å². The maximum Gasteiger partial charge on any atom is 0.434 e. The predicted molar refractivity (Wildman–Crippen MR) is 109 cm³/mol. The number of nitrogen functional groups attached to an aromatic ring is 1. The number of rotatable bonds is 3. The Bertz CT molecular complexity index is 1270. The van der Waals surface area contributed by atoms with E-state index in [1.165, 1.54) is 4.57 Å². The van der Waals surface area contributed by atoms with Crippen LogP contribution in [0.2, 0.25) is 0 Å². The van der Waals surface area contributed by atoms with E-state index in [2.05, 4.69) is 15.0 Å². The number of nitrogens with zero attached hydrogens (tertiary/aromatic N) is 6.